The summed E-state index contributed by atoms with van der Waals surface area (Å²) in [6.45, 7) is 4.78. The van der Waals surface area contributed by atoms with Crippen molar-refractivity contribution in [1.82, 2.24) is 15.3 Å². The minimum absolute atomic E-state index is 0.182. The molecule has 0 fully saturated rings. The lowest BCUT2D eigenvalue weighted by Gasteiger charge is -2.32. The predicted molar refractivity (Wildman–Crippen MR) is 144 cm³/mol. The van der Waals surface area contributed by atoms with E-state index in [9.17, 15) is 5.11 Å². The van der Waals surface area contributed by atoms with Crippen LogP contribution in [-0.4, -0.2) is 48.5 Å². The molecule has 0 bridgehead atoms. The molecule has 0 aliphatic heterocycles. The molecule has 3 N–H and O–H groups in total. The van der Waals surface area contributed by atoms with Crippen LogP contribution in [0.5, 0.6) is 17.2 Å². The second-order valence-corrected chi connectivity index (χ2v) is 9.70. The average Bonchev–Trinajstić information content (AvgIpc) is 3.63. The second kappa shape index (κ2) is 11.6. The predicted octanol–water partition coefficient (Wildman–Crippen LogP) is 5.48. The zero-order valence-corrected chi connectivity index (χ0v) is 21.9. The molecule has 2 heterocycles. The highest BCUT2D eigenvalue weighted by Gasteiger charge is 2.26. The standard InChI is InChI=1S/C28H33N3O4S/c1-5-28(2,20-10-13-24(33-3)25(15-20)34-4)30-16-21(32)18-35-22-11-8-19(9-12-22)27-29-17-23(31-27)26-7-6-14-36-26/h6-15,17,21,30,32H,5,16,18H2,1-4H3,(H,29,31). The van der Waals surface area contributed by atoms with Gasteiger partial charge >= 0.3 is 0 Å². The van der Waals surface area contributed by atoms with Crippen molar-refractivity contribution in [3.8, 4) is 39.2 Å². The normalized spacial score (nSPS) is 13.7. The quantitative estimate of drug-likeness (QED) is 0.235. The van der Waals surface area contributed by atoms with E-state index in [2.05, 4.69) is 35.2 Å². The minimum atomic E-state index is -0.672. The fraction of sp³-hybridized carbons (Fsp3) is 0.321. The first kappa shape index (κ1) is 25.8. The molecule has 0 saturated carbocycles. The molecule has 190 valence electrons. The van der Waals surface area contributed by atoms with Crippen LogP contribution in [0.15, 0.2) is 66.2 Å². The summed E-state index contributed by atoms with van der Waals surface area (Å²) in [7, 11) is 3.25. The van der Waals surface area contributed by atoms with Gasteiger partial charge in [-0.1, -0.05) is 19.1 Å². The number of rotatable bonds is 12. The van der Waals surface area contributed by atoms with Gasteiger partial charge in [-0.25, -0.2) is 4.98 Å². The van der Waals surface area contributed by atoms with E-state index < -0.39 is 6.10 Å². The van der Waals surface area contributed by atoms with Crippen LogP contribution in [0.2, 0.25) is 0 Å². The Bertz CT molecular complexity index is 1240. The first-order valence-corrected chi connectivity index (χ1v) is 12.8. The molecule has 4 rings (SSSR count). The lowest BCUT2D eigenvalue weighted by molar-refractivity contribution is 0.0969. The van der Waals surface area contributed by atoms with Crippen LogP contribution in [0.3, 0.4) is 0 Å². The van der Waals surface area contributed by atoms with Crippen LogP contribution in [0, 0.1) is 0 Å². The van der Waals surface area contributed by atoms with Crippen molar-refractivity contribution in [3.63, 3.8) is 0 Å². The Balaban J connectivity index is 1.31. The number of nitrogens with zero attached hydrogens (tertiary/aromatic N) is 1. The number of benzene rings is 2. The van der Waals surface area contributed by atoms with Gasteiger partial charge in [0, 0.05) is 17.6 Å². The summed E-state index contributed by atoms with van der Waals surface area (Å²) >= 11 is 1.67. The summed E-state index contributed by atoms with van der Waals surface area (Å²) in [4.78, 5) is 9.01. The van der Waals surface area contributed by atoms with Gasteiger partial charge < -0.3 is 29.6 Å². The van der Waals surface area contributed by atoms with Gasteiger partial charge in [-0.15, -0.1) is 11.3 Å². The Kier molecular flexibility index (Phi) is 8.30. The highest BCUT2D eigenvalue weighted by Crippen LogP contribution is 2.33. The van der Waals surface area contributed by atoms with Gasteiger partial charge in [0.25, 0.3) is 0 Å². The maximum atomic E-state index is 10.6. The summed E-state index contributed by atoms with van der Waals surface area (Å²) in [5.74, 6) is 2.87. The zero-order chi connectivity index (χ0) is 25.5. The minimum Gasteiger partial charge on any atom is -0.493 e. The van der Waals surface area contributed by atoms with Crippen molar-refractivity contribution < 1.29 is 19.3 Å². The number of imidazole rings is 1. The van der Waals surface area contributed by atoms with E-state index in [4.69, 9.17) is 14.2 Å². The zero-order valence-electron chi connectivity index (χ0n) is 21.1. The van der Waals surface area contributed by atoms with E-state index in [0.29, 0.717) is 23.8 Å². The molecule has 4 aromatic rings. The van der Waals surface area contributed by atoms with Crippen LogP contribution < -0.4 is 19.5 Å². The van der Waals surface area contributed by atoms with Gasteiger partial charge in [-0.2, -0.15) is 0 Å². The molecule has 0 amide bonds. The second-order valence-electron chi connectivity index (χ2n) is 8.75. The fourth-order valence-corrected chi connectivity index (χ4v) is 4.63. The Morgan fingerprint density at radius 1 is 1.08 bits per heavy atom. The molecule has 2 unspecified atom stereocenters. The number of aliphatic hydroxyl groups excluding tert-OH is 1. The highest BCUT2D eigenvalue weighted by atomic mass is 32.1. The number of nitrogens with one attached hydrogen (secondary N) is 2. The summed E-state index contributed by atoms with van der Waals surface area (Å²) in [6.07, 6.45) is 2.01. The number of aromatic nitrogens is 2. The molecule has 0 aliphatic carbocycles. The van der Waals surface area contributed by atoms with Crippen molar-refractivity contribution in [2.24, 2.45) is 0 Å². The van der Waals surface area contributed by atoms with Crippen molar-refractivity contribution in [2.75, 3.05) is 27.4 Å². The highest BCUT2D eigenvalue weighted by molar-refractivity contribution is 7.13. The third kappa shape index (κ3) is 5.90. The van der Waals surface area contributed by atoms with Crippen LogP contribution >= 0.6 is 11.3 Å². The Labute approximate surface area is 216 Å². The molecule has 2 atom stereocenters. The van der Waals surface area contributed by atoms with Gasteiger partial charge in [0.15, 0.2) is 11.5 Å². The number of thiophene rings is 1. The molecule has 2 aromatic carbocycles. The van der Waals surface area contributed by atoms with E-state index >= 15 is 0 Å². The largest absolute Gasteiger partial charge is 0.493 e. The molecule has 0 spiro atoms. The summed E-state index contributed by atoms with van der Waals surface area (Å²) in [5.41, 5.74) is 2.70. The third-order valence-electron chi connectivity index (χ3n) is 6.39. The number of aromatic amines is 1. The maximum absolute atomic E-state index is 10.6. The summed E-state index contributed by atoms with van der Waals surface area (Å²) in [6, 6.07) is 17.7. The lowest BCUT2D eigenvalue weighted by Crippen LogP contribution is -2.44. The Morgan fingerprint density at radius 2 is 1.86 bits per heavy atom. The van der Waals surface area contributed by atoms with Gasteiger partial charge in [-0.3, -0.25) is 0 Å². The van der Waals surface area contributed by atoms with Crippen LogP contribution in [0.25, 0.3) is 22.0 Å². The first-order valence-electron chi connectivity index (χ1n) is 11.9. The first-order chi connectivity index (χ1) is 17.5. The number of ether oxygens (including phenoxy) is 3. The molecule has 36 heavy (non-hydrogen) atoms. The fourth-order valence-electron chi connectivity index (χ4n) is 3.94. The third-order valence-corrected chi connectivity index (χ3v) is 7.29. The van der Waals surface area contributed by atoms with Crippen molar-refractivity contribution in [1.29, 1.82) is 0 Å². The van der Waals surface area contributed by atoms with Crippen molar-refractivity contribution in [3.05, 3.63) is 71.7 Å². The molecule has 2 aromatic heterocycles. The molecule has 0 radical (unpaired) electrons. The molecule has 0 saturated heterocycles. The molecule has 0 aliphatic rings. The molecular weight excluding hydrogens is 474 g/mol. The van der Waals surface area contributed by atoms with Gasteiger partial charge in [0.05, 0.1) is 31.0 Å². The van der Waals surface area contributed by atoms with E-state index in [1.165, 1.54) is 0 Å². The van der Waals surface area contributed by atoms with E-state index in [1.807, 2.05) is 60.1 Å². The van der Waals surface area contributed by atoms with Gasteiger partial charge in [0.1, 0.15) is 24.3 Å². The summed E-state index contributed by atoms with van der Waals surface area (Å²) in [5, 5.41) is 16.1. The number of hydrogen-bond donors (Lipinski definition) is 3. The van der Waals surface area contributed by atoms with E-state index in [0.717, 1.165) is 33.9 Å². The molecule has 8 heteroatoms. The Morgan fingerprint density at radius 3 is 2.53 bits per heavy atom. The summed E-state index contributed by atoms with van der Waals surface area (Å²) < 4.78 is 16.6. The van der Waals surface area contributed by atoms with Crippen LogP contribution in [0.1, 0.15) is 25.8 Å². The van der Waals surface area contributed by atoms with Crippen molar-refractivity contribution >= 4 is 11.3 Å². The average molecular weight is 508 g/mol. The monoisotopic (exact) mass is 507 g/mol. The van der Waals surface area contributed by atoms with E-state index in [1.54, 1.807) is 25.6 Å². The number of aliphatic hydroxyl groups is 1. The maximum Gasteiger partial charge on any atom is 0.161 e. The van der Waals surface area contributed by atoms with E-state index in [-0.39, 0.29) is 12.1 Å². The van der Waals surface area contributed by atoms with Gasteiger partial charge in [-0.05, 0) is 66.8 Å². The molecule has 7 nitrogen and oxygen atoms in total. The number of hydrogen-bond acceptors (Lipinski definition) is 7. The topological polar surface area (TPSA) is 88.6 Å². The van der Waals surface area contributed by atoms with Crippen LogP contribution in [-0.2, 0) is 5.54 Å². The van der Waals surface area contributed by atoms with Gasteiger partial charge in [0.2, 0.25) is 0 Å². The van der Waals surface area contributed by atoms with Crippen LogP contribution in [0.4, 0.5) is 0 Å². The lowest BCUT2D eigenvalue weighted by atomic mass is 9.88. The smallest absolute Gasteiger partial charge is 0.161 e. The van der Waals surface area contributed by atoms with Crippen molar-refractivity contribution in [2.45, 2.75) is 31.9 Å². The number of methoxy groups -OCH3 is 2. The molecular formula is C28H33N3O4S. The SMILES string of the molecule is CCC(C)(NCC(O)COc1ccc(-c2ncc(-c3cccs3)[nH]2)cc1)c1ccc(OC)c(OC)c1. The number of H-pyrrole nitrogens is 1. The Hall–Kier alpha value is -3.33.